The van der Waals surface area contributed by atoms with Crippen LogP contribution in [0, 0.1) is 5.92 Å². The summed E-state index contributed by atoms with van der Waals surface area (Å²) < 4.78 is 0. The van der Waals surface area contributed by atoms with E-state index >= 15 is 0 Å². The number of hydrogen-bond acceptors (Lipinski definition) is 3. The summed E-state index contributed by atoms with van der Waals surface area (Å²) >= 11 is 0. The van der Waals surface area contributed by atoms with Crippen molar-refractivity contribution in [2.24, 2.45) is 17.4 Å². The van der Waals surface area contributed by atoms with Crippen molar-refractivity contribution in [3.63, 3.8) is 0 Å². The Morgan fingerprint density at radius 1 is 1.25 bits per heavy atom. The number of nitrogens with one attached hydrogen (secondary N) is 1. The zero-order valence-electron chi connectivity index (χ0n) is 10.5. The maximum Gasteiger partial charge on any atom is 0.240 e. The second-order valence-electron chi connectivity index (χ2n) is 4.46. The van der Waals surface area contributed by atoms with Crippen LogP contribution in [-0.2, 0) is 9.59 Å². The fourth-order valence-electron chi connectivity index (χ4n) is 1.42. The van der Waals surface area contributed by atoms with Crippen molar-refractivity contribution in [3.8, 4) is 0 Å². The Hall–Kier alpha value is -1.10. The van der Waals surface area contributed by atoms with Gasteiger partial charge < -0.3 is 16.8 Å². The van der Waals surface area contributed by atoms with Crippen LogP contribution in [0.3, 0.4) is 0 Å². The van der Waals surface area contributed by atoms with Gasteiger partial charge in [-0.15, -0.1) is 0 Å². The molecule has 16 heavy (non-hydrogen) atoms. The molecule has 0 aliphatic heterocycles. The second kappa shape index (κ2) is 5.84. The quantitative estimate of drug-likeness (QED) is 0.603. The molecule has 1 atom stereocenters. The van der Waals surface area contributed by atoms with E-state index in [1.54, 1.807) is 0 Å². The summed E-state index contributed by atoms with van der Waals surface area (Å²) in [6, 6.07) is -0.659. The van der Waals surface area contributed by atoms with Gasteiger partial charge in [0, 0.05) is 0 Å². The number of primary amides is 1. The van der Waals surface area contributed by atoms with E-state index in [0.29, 0.717) is 12.8 Å². The lowest BCUT2D eigenvalue weighted by Crippen LogP contribution is -2.58. The van der Waals surface area contributed by atoms with Crippen LogP contribution in [0.1, 0.15) is 40.5 Å². The van der Waals surface area contributed by atoms with E-state index < -0.39 is 17.5 Å². The Morgan fingerprint density at radius 2 is 1.69 bits per heavy atom. The third kappa shape index (κ3) is 3.48. The molecule has 0 heterocycles. The number of nitrogens with two attached hydrogens (primary N) is 2. The third-order valence-corrected chi connectivity index (χ3v) is 2.97. The zero-order chi connectivity index (χ0) is 12.9. The summed E-state index contributed by atoms with van der Waals surface area (Å²) in [6.07, 6.45) is 1.05. The molecule has 5 N–H and O–H groups in total. The topological polar surface area (TPSA) is 98.2 Å². The fraction of sp³-hybridized carbons (Fsp3) is 0.818. The number of carbonyl (C=O) groups is 2. The first-order chi connectivity index (χ1) is 7.28. The molecule has 94 valence electrons. The first-order valence-electron chi connectivity index (χ1n) is 5.67. The van der Waals surface area contributed by atoms with Crippen LogP contribution in [-0.4, -0.2) is 23.4 Å². The fourth-order valence-corrected chi connectivity index (χ4v) is 1.42. The second-order valence-corrected chi connectivity index (χ2v) is 4.46. The van der Waals surface area contributed by atoms with E-state index in [-0.39, 0.29) is 11.8 Å². The van der Waals surface area contributed by atoms with Gasteiger partial charge in [0.2, 0.25) is 11.8 Å². The maximum absolute atomic E-state index is 11.9. The number of carbonyl (C=O) groups excluding carboxylic acids is 2. The lowest BCUT2D eigenvalue weighted by atomic mass is 9.92. The van der Waals surface area contributed by atoms with Crippen molar-refractivity contribution < 1.29 is 9.59 Å². The predicted octanol–water partition coefficient (Wildman–Crippen LogP) is 0.130. The molecule has 0 aliphatic carbocycles. The molecular weight excluding hydrogens is 206 g/mol. The average Bonchev–Trinajstić information content (AvgIpc) is 2.23. The lowest BCUT2D eigenvalue weighted by molar-refractivity contribution is -0.131. The highest BCUT2D eigenvalue weighted by molar-refractivity contribution is 5.91. The largest absolute Gasteiger partial charge is 0.368 e. The Bertz CT molecular complexity index is 260. The highest BCUT2D eigenvalue weighted by atomic mass is 16.2. The summed E-state index contributed by atoms with van der Waals surface area (Å²) in [7, 11) is 0. The van der Waals surface area contributed by atoms with Crippen molar-refractivity contribution in [1.82, 2.24) is 5.32 Å². The monoisotopic (exact) mass is 229 g/mol. The van der Waals surface area contributed by atoms with Gasteiger partial charge in [-0.05, 0) is 18.8 Å². The molecule has 1 unspecified atom stereocenters. The van der Waals surface area contributed by atoms with Gasteiger partial charge in [0.1, 0.15) is 6.04 Å². The Morgan fingerprint density at radius 3 is 1.94 bits per heavy atom. The molecule has 0 spiro atoms. The summed E-state index contributed by atoms with van der Waals surface area (Å²) in [5.74, 6) is -0.882. The van der Waals surface area contributed by atoms with Crippen molar-refractivity contribution in [2.45, 2.75) is 52.1 Å². The maximum atomic E-state index is 11.9. The van der Waals surface area contributed by atoms with Crippen molar-refractivity contribution >= 4 is 11.8 Å². The van der Waals surface area contributed by atoms with E-state index in [1.165, 1.54) is 0 Å². The SMILES string of the molecule is CCC(N)(CC)C(=O)NC(C(N)=O)C(C)C. The van der Waals surface area contributed by atoms with E-state index in [0.717, 1.165) is 0 Å². The van der Waals surface area contributed by atoms with E-state index in [9.17, 15) is 9.59 Å². The summed E-state index contributed by atoms with van der Waals surface area (Å²) in [4.78, 5) is 23.0. The van der Waals surface area contributed by atoms with Gasteiger partial charge in [-0.2, -0.15) is 0 Å². The summed E-state index contributed by atoms with van der Waals surface area (Å²) in [5.41, 5.74) is 10.2. The van der Waals surface area contributed by atoms with Gasteiger partial charge in [0.15, 0.2) is 0 Å². The van der Waals surface area contributed by atoms with E-state index in [4.69, 9.17) is 11.5 Å². The molecule has 0 aliphatic rings. The van der Waals surface area contributed by atoms with Crippen molar-refractivity contribution in [2.75, 3.05) is 0 Å². The Balaban J connectivity index is 4.70. The van der Waals surface area contributed by atoms with Gasteiger partial charge in [-0.25, -0.2) is 0 Å². The minimum atomic E-state index is -0.914. The molecule has 5 nitrogen and oxygen atoms in total. The zero-order valence-corrected chi connectivity index (χ0v) is 10.5. The predicted molar refractivity (Wildman–Crippen MR) is 63.5 cm³/mol. The van der Waals surface area contributed by atoms with Gasteiger partial charge in [-0.3, -0.25) is 9.59 Å². The normalized spacial score (nSPS) is 13.6. The molecule has 0 radical (unpaired) electrons. The van der Waals surface area contributed by atoms with Crippen LogP contribution in [0.15, 0.2) is 0 Å². The lowest BCUT2D eigenvalue weighted by Gasteiger charge is -2.28. The number of hydrogen-bond donors (Lipinski definition) is 3. The van der Waals surface area contributed by atoms with Gasteiger partial charge in [0.05, 0.1) is 5.54 Å². The van der Waals surface area contributed by atoms with Gasteiger partial charge in [-0.1, -0.05) is 27.7 Å². The van der Waals surface area contributed by atoms with Crippen LogP contribution in [0.2, 0.25) is 0 Å². The van der Waals surface area contributed by atoms with Crippen LogP contribution >= 0.6 is 0 Å². The molecule has 5 heteroatoms. The van der Waals surface area contributed by atoms with Crippen LogP contribution in [0.25, 0.3) is 0 Å². The van der Waals surface area contributed by atoms with E-state index in [1.807, 2.05) is 27.7 Å². The number of rotatable bonds is 6. The molecule has 0 aromatic heterocycles. The molecule has 0 bridgehead atoms. The first kappa shape index (κ1) is 14.9. The standard InChI is InChI=1S/C11H23N3O2/c1-5-11(13,6-2)10(16)14-8(7(3)4)9(12)15/h7-8H,5-6,13H2,1-4H3,(H2,12,15)(H,14,16). The van der Waals surface area contributed by atoms with E-state index in [2.05, 4.69) is 5.32 Å². The molecule has 2 amide bonds. The van der Waals surface area contributed by atoms with Crippen LogP contribution < -0.4 is 16.8 Å². The Kier molecular flexibility index (Phi) is 5.44. The summed E-state index contributed by atoms with van der Waals surface area (Å²) in [5, 5.41) is 2.62. The summed E-state index contributed by atoms with van der Waals surface area (Å²) in [6.45, 7) is 7.34. The smallest absolute Gasteiger partial charge is 0.240 e. The average molecular weight is 229 g/mol. The highest BCUT2D eigenvalue weighted by Gasteiger charge is 2.33. The molecule has 0 saturated carbocycles. The molecule has 0 fully saturated rings. The molecule has 0 aromatic rings. The first-order valence-corrected chi connectivity index (χ1v) is 5.67. The van der Waals surface area contributed by atoms with Crippen LogP contribution in [0.5, 0.6) is 0 Å². The minimum Gasteiger partial charge on any atom is -0.368 e. The highest BCUT2D eigenvalue weighted by Crippen LogP contribution is 2.12. The number of amides is 2. The molecule has 0 aromatic carbocycles. The third-order valence-electron chi connectivity index (χ3n) is 2.97. The van der Waals surface area contributed by atoms with Gasteiger partial charge in [0.25, 0.3) is 0 Å². The Labute approximate surface area is 96.9 Å². The minimum absolute atomic E-state index is 0.0422. The van der Waals surface area contributed by atoms with Gasteiger partial charge >= 0.3 is 0 Å². The molecule has 0 rings (SSSR count). The van der Waals surface area contributed by atoms with Crippen molar-refractivity contribution in [1.29, 1.82) is 0 Å². The molecular formula is C11H23N3O2. The van der Waals surface area contributed by atoms with Crippen molar-refractivity contribution in [3.05, 3.63) is 0 Å². The molecule has 0 saturated heterocycles. The van der Waals surface area contributed by atoms with Crippen LogP contribution in [0.4, 0.5) is 0 Å².